The fraction of sp³-hybridized carbons (Fsp3) is 0.588. The molecule has 0 amide bonds. The summed E-state index contributed by atoms with van der Waals surface area (Å²) >= 11 is 0. The van der Waals surface area contributed by atoms with Gasteiger partial charge in [0.25, 0.3) is 0 Å². The van der Waals surface area contributed by atoms with Gasteiger partial charge in [-0.25, -0.2) is 0 Å². The maximum Gasteiger partial charge on any atom is 0.170 e. The van der Waals surface area contributed by atoms with E-state index in [2.05, 4.69) is 17.4 Å². The number of aryl methyl sites for hydroxylation is 1. The monoisotopic (exact) mass is 306 g/mol. The van der Waals surface area contributed by atoms with Crippen LogP contribution < -0.4 is 10.1 Å². The summed E-state index contributed by atoms with van der Waals surface area (Å²) < 4.78 is 11.2. The van der Waals surface area contributed by atoms with Crippen LogP contribution >= 0.6 is 0 Å². The van der Waals surface area contributed by atoms with E-state index in [0.29, 0.717) is 12.6 Å². The third kappa shape index (κ3) is 4.45. The number of aromatic nitrogens is 1. The fourth-order valence-electron chi connectivity index (χ4n) is 2.27. The average molecular weight is 306 g/mol. The molecule has 2 aromatic rings. The Morgan fingerprint density at radius 1 is 1.36 bits per heavy atom. The Bertz CT molecular complexity index is 580. The predicted octanol–water partition coefficient (Wildman–Crippen LogP) is 2.91. The Balaban J connectivity index is 2.05. The molecule has 0 fully saturated rings. The molecule has 0 aliphatic rings. The highest BCUT2D eigenvalue weighted by atomic mass is 16.5. The zero-order valence-electron chi connectivity index (χ0n) is 13.6. The highest BCUT2D eigenvalue weighted by Gasteiger charge is 2.14. The summed E-state index contributed by atoms with van der Waals surface area (Å²) in [6.45, 7) is 7.01. The number of unbranched alkanes of at least 4 members (excludes halogenated alkanes) is 1. The first-order valence-corrected chi connectivity index (χ1v) is 8.03. The van der Waals surface area contributed by atoms with Crippen molar-refractivity contribution >= 4 is 11.0 Å². The summed E-state index contributed by atoms with van der Waals surface area (Å²) in [5, 5.41) is 18.2. The number of fused-ring (bicyclic) bond motifs is 1. The topological polar surface area (TPSA) is 67.5 Å². The summed E-state index contributed by atoms with van der Waals surface area (Å²) in [4.78, 5) is 0. The van der Waals surface area contributed by atoms with Gasteiger partial charge in [0, 0.05) is 12.6 Å². The first-order chi connectivity index (χ1) is 10.6. The molecule has 22 heavy (non-hydrogen) atoms. The van der Waals surface area contributed by atoms with E-state index in [9.17, 15) is 5.11 Å². The van der Waals surface area contributed by atoms with Crippen LogP contribution in [0.3, 0.4) is 0 Å². The van der Waals surface area contributed by atoms with Gasteiger partial charge in [-0.3, -0.25) is 0 Å². The number of benzene rings is 1. The van der Waals surface area contributed by atoms with Crippen LogP contribution in [0.2, 0.25) is 0 Å². The Morgan fingerprint density at radius 2 is 2.18 bits per heavy atom. The highest BCUT2D eigenvalue weighted by molar-refractivity contribution is 5.86. The summed E-state index contributed by atoms with van der Waals surface area (Å²) in [7, 11) is 0. The minimum absolute atomic E-state index is 0.247. The van der Waals surface area contributed by atoms with Gasteiger partial charge < -0.3 is 19.7 Å². The molecule has 0 radical (unpaired) electrons. The molecular formula is C17H26N2O3. The van der Waals surface area contributed by atoms with Crippen molar-refractivity contribution in [3.63, 3.8) is 0 Å². The van der Waals surface area contributed by atoms with Gasteiger partial charge in [0.2, 0.25) is 0 Å². The van der Waals surface area contributed by atoms with Crippen LogP contribution in [0.1, 0.15) is 39.3 Å². The van der Waals surface area contributed by atoms with Crippen LogP contribution in [0.5, 0.6) is 5.75 Å². The molecule has 0 bridgehead atoms. The van der Waals surface area contributed by atoms with E-state index in [-0.39, 0.29) is 6.61 Å². The maximum atomic E-state index is 9.97. The second-order valence-corrected chi connectivity index (χ2v) is 5.89. The summed E-state index contributed by atoms with van der Waals surface area (Å²) in [6, 6.07) is 6.02. The number of ether oxygens (including phenoxy) is 1. The number of hydrogen-bond acceptors (Lipinski definition) is 5. The van der Waals surface area contributed by atoms with E-state index in [1.54, 1.807) is 0 Å². The quantitative estimate of drug-likeness (QED) is 0.745. The van der Waals surface area contributed by atoms with Crippen molar-refractivity contribution in [1.82, 2.24) is 10.5 Å². The standard InChI is InChI=1S/C17H26N2O3/c1-4-5-7-14-17-15(8-6-9-16(17)22-19-14)21-11-13(20)10-18-12(2)3/h6,8-9,12-13,18,20H,4-5,7,10-11H2,1-3H3. The van der Waals surface area contributed by atoms with E-state index in [1.807, 2.05) is 32.0 Å². The molecule has 1 heterocycles. The van der Waals surface area contributed by atoms with E-state index in [1.165, 1.54) is 0 Å². The van der Waals surface area contributed by atoms with E-state index in [0.717, 1.165) is 41.7 Å². The number of aliphatic hydroxyl groups excluding tert-OH is 1. The van der Waals surface area contributed by atoms with Gasteiger partial charge in [-0.2, -0.15) is 0 Å². The normalized spacial score (nSPS) is 13.0. The van der Waals surface area contributed by atoms with Crippen molar-refractivity contribution in [2.24, 2.45) is 0 Å². The predicted molar refractivity (Wildman–Crippen MR) is 87.3 cm³/mol. The van der Waals surface area contributed by atoms with Gasteiger partial charge in [0.05, 0.1) is 11.1 Å². The molecule has 1 unspecified atom stereocenters. The van der Waals surface area contributed by atoms with E-state index in [4.69, 9.17) is 9.26 Å². The van der Waals surface area contributed by atoms with Crippen molar-refractivity contribution in [1.29, 1.82) is 0 Å². The van der Waals surface area contributed by atoms with Crippen LogP contribution in [0.4, 0.5) is 0 Å². The number of rotatable bonds is 9. The minimum atomic E-state index is -0.545. The van der Waals surface area contributed by atoms with Gasteiger partial charge >= 0.3 is 0 Å². The van der Waals surface area contributed by atoms with Gasteiger partial charge in [0.15, 0.2) is 5.58 Å². The van der Waals surface area contributed by atoms with Gasteiger partial charge in [0.1, 0.15) is 18.5 Å². The fourth-order valence-corrected chi connectivity index (χ4v) is 2.27. The molecule has 0 spiro atoms. The lowest BCUT2D eigenvalue weighted by molar-refractivity contribution is 0.105. The lowest BCUT2D eigenvalue weighted by atomic mass is 10.1. The van der Waals surface area contributed by atoms with Crippen molar-refractivity contribution in [2.45, 2.75) is 52.2 Å². The largest absolute Gasteiger partial charge is 0.490 e. The molecule has 1 atom stereocenters. The third-order valence-corrected chi connectivity index (χ3v) is 3.49. The number of nitrogens with one attached hydrogen (secondary N) is 1. The summed E-state index contributed by atoms with van der Waals surface area (Å²) in [6.07, 6.45) is 2.51. The molecule has 0 saturated heterocycles. The van der Waals surface area contributed by atoms with Crippen molar-refractivity contribution in [3.05, 3.63) is 23.9 Å². The molecule has 1 aromatic carbocycles. The zero-order valence-corrected chi connectivity index (χ0v) is 13.6. The van der Waals surface area contributed by atoms with Gasteiger partial charge in [-0.1, -0.05) is 38.4 Å². The van der Waals surface area contributed by atoms with Crippen LogP contribution in [0.25, 0.3) is 11.0 Å². The Morgan fingerprint density at radius 3 is 2.91 bits per heavy atom. The van der Waals surface area contributed by atoms with Crippen LogP contribution in [0.15, 0.2) is 22.7 Å². The van der Waals surface area contributed by atoms with Crippen LogP contribution in [0, 0.1) is 0 Å². The van der Waals surface area contributed by atoms with Gasteiger partial charge in [-0.05, 0) is 25.0 Å². The summed E-state index contributed by atoms with van der Waals surface area (Å²) in [5.41, 5.74) is 1.67. The number of hydrogen-bond donors (Lipinski definition) is 2. The SMILES string of the molecule is CCCCc1noc2cccc(OCC(O)CNC(C)C)c12. The second kappa shape index (κ2) is 8.15. The molecule has 5 heteroatoms. The number of aliphatic hydroxyl groups is 1. The molecule has 2 rings (SSSR count). The molecule has 5 nitrogen and oxygen atoms in total. The van der Waals surface area contributed by atoms with Crippen LogP contribution in [-0.4, -0.2) is 35.6 Å². The molecule has 1 aromatic heterocycles. The smallest absolute Gasteiger partial charge is 0.170 e. The Labute approximate surface area is 131 Å². The Kier molecular flexibility index (Phi) is 6.21. The van der Waals surface area contributed by atoms with Crippen molar-refractivity contribution in [3.8, 4) is 5.75 Å². The van der Waals surface area contributed by atoms with E-state index >= 15 is 0 Å². The molecular weight excluding hydrogens is 280 g/mol. The lowest BCUT2D eigenvalue weighted by Gasteiger charge is -2.15. The van der Waals surface area contributed by atoms with Crippen molar-refractivity contribution in [2.75, 3.05) is 13.2 Å². The summed E-state index contributed by atoms with van der Waals surface area (Å²) in [5.74, 6) is 0.730. The lowest BCUT2D eigenvalue weighted by Crippen LogP contribution is -2.35. The first kappa shape index (κ1) is 16.8. The van der Waals surface area contributed by atoms with Gasteiger partial charge in [-0.15, -0.1) is 0 Å². The molecule has 0 saturated carbocycles. The Hall–Kier alpha value is -1.59. The average Bonchev–Trinajstić information content (AvgIpc) is 2.92. The zero-order chi connectivity index (χ0) is 15.9. The minimum Gasteiger partial charge on any atom is -0.490 e. The van der Waals surface area contributed by atoms with E-state index < -0.39 is 6.10 Å². The second-order valence-electron chi connectivity index (χ2n) is 5.89. The molecule has 2 N–H and O–H groups in total. The van der Waals surface area contributed by atoms with Crippen molar-refractivity contribution < 1.29 is 14.4 Å². The number of nitrogens with zero attached hydrogens (tertiary/aromatic N) is 1. The molecule has 122 valence electrons. The highest BCUT2D eigenvalue weighted by Crippen LogP contribution is 2.29. The third-order valence-electron chi connectivity index (χ3n) is 3.49. The maximum absolute atomic E-state index is 9.97. The molecule has 0 aliphatic heterocycles. The van der Waals surface area contributed by atoms with Crippen LogP contribution in [-0.2, 0) is 6.42 Å². The molecule has 0 aliphatic carbocycles. The first-order valence-electron chi connectivity index (χ1n) is 8.03.